The van der Waals surface area contributed by atoms with E-state index in [-0.39, 0.29) is 16.3 Å². The van der Waals surface area contributed by atoms with Gasteiger partial charge in [-0.15, -0.1) is 0 Å². The first-order valence-electron chi connectivity index (χ1n) is 6.72. The zero-order chi connectivity index (χ0) is 16.3. The molecule has 1 aromatic heterocycles. The fraction of sp³-hybridized carbons (Fsp3) is 0.286. The van der Waals surface area contributed by atoms with Crippen LogP contribution in [0.2, 0.25) is 0 Å². The normalized spacial score (nSPS) is 11.4. The van der Waals surface area contributed by atoms with E-state index in [0.717, 1.165) is 18.4 Å². The maximum Gasteiger partial charge on any atom is 0.337 e. The van der Waals surface area contributed by atoms with Gasteiger partial charge < -0.3 is 5.11 Å². The molecular weight excluding hydrogens is 306 g/mol. The van der Waals surface area contributed by atoms with Gasteiger partial charge in [-0.05, 0) is 30.2 Å². The van der Waals surface area contributed by atoms with Crippen LogP contribution in [0.1, 0.15) is 29.3 Å². The van der Waals surface area contributed by atoms with E-state index < -0.39 is 16.0 Å². The zero-order valence-corrected chi connectivity index (χ0v) is 13.1. The number of sulfonamides is 1. The number of carboxylic acid groups (broad SMARTS) is 1. The molecule has 22 heavy (non-hydrogen) atoms. The largest absolute Gasteiger partial charge is 0.478 e. The zero-order valence-electron chi connectivity index (χ0n) is 12.3. The van der Waals surface area contributed by atoms with Crippen molar-refractivity contribution in [3.05, 3.63) is 41.6 Å². The van der Waals surface area contributed by atoms with Crippen molar-refractivity contribution in [3.8, 4) is 0 Å². The first-order chi connectivity index (χ1) is 10.3. The summed E-state index contributed by atoms with van der Waals surface area (Å²) in [4.78, 5) is 11.4. The molecule has 0 amide bonds. The summed E-state index contributed by atoms with van der Waals surface area (Å²) in [6.07, 6.45) is 3.10. The molecule has 0 bridgehead atoms. The molecule has 2 N–H and O–H groups in total. The van der Waals surface area contributed by atoms with Crippen LogP contribution < -0.4 is 4.72 Å². The lowest BCUT2D eigenvalue weighted by Gasteiger charge is -2.10. The Labute approximate surface area is 128 Å². The molecule has 0 saturated heterocycles. The van der Waals surface area contributed by atoms with E-state index in [9.17, 15) is 18.3 Å². The minimum Gasteiger partial charge on any atom is -0.478 e. The summed E-state index contributed by atoms with van der Waals surface area (Å²) < 4.78 is 28.1. The highest BCUT2D eigenvalue weighted by Crippen LogP contribution is 2.22. The molecule has 0 radical (unpaired) electrons. The second-order valence-electron chi connectivity index (χ2n) is 4.87. The Hall–Kier alpha value is -2.35. The maximum atomic E-state index is 12.2. The van der Waals surface area contributed by atoms with Crippen molar-refractivity contribution in [2.24, 2.45) is 7.05 Å². The van der Waals surface area contributed by atoms with E-state index in [1.165, 1.54) is 29.1 Å². The summed E-state index contributed by atoms with van der Waals surface area (Å²) in [5.41, 5.74) is 0.796. The van der Waals surface area contributed by atoms with Gasteiger partial charge in [-0.1, -0.05) is 19.4 Å². The predicted molar refractivity (Wildman–Crippen MR) is 81.4 cm³/mol. The van der Waals surface area contributed by atoms with Crippen LogP contribution in [0.25, 0.3) is 0 Å². The van der Waals surface area contributed by atoms with Gasteiger partial charge in [0.1, 0.15) is 0 Å². The van der Waals surface area contributed by atoms with Crippen LogP contribution >= 0.6 is 0 Å². The van der Waals surface area contributed by atoms with E-state index in [4.69, 9.17) is 0 Å². The van der Waals surface area contributed by atoms with Crippen molar-refractivity contribution in [2.45, 2.75) is 24.8 Å². The second-order valence-corrected chi connectivity index (χ2v) is 6.50. The third kappa shape index (κ3) is 3.45. The Morgan fingerprint density at radius 2 is 2.09 bits per heavy atom. The third-order valence-corrected chi connectivity index (χ3v) is 4.32. The fourth-order valence-corrected chi connectivity index (χ4v) is 3.08. The van der Waals surface area contributed by atoms with Crippen molar-refractivity contribution in [3.63, 3.8) is 0 Å². The van der Waals surface area contributed by atoms with Gasteiger partial charge in [0.25, 0.3) is 10.0 Å². The quantitative estimate of drug-likeness (QED) is 0.845. The lowest BCUT2D eigenvalue weighted by Crippen LogP contribution is -2.16. The molecule has 1 aromatic carbocycles. The average Bonchev–Trinajstić information content (AvgIpc) is 2.88. The molecule has 0 aliphatic rings. The highest BCUT2D eigenvalue weighted by molar-refractivity contribution is 7.92. The molecule has 2 rings (SSSR count). The number of nitrogens with one attached hydrogen (secondary N) is 1. The summed E-state index contributed by atoms with van der Waals surface area (Å²) in [5.74, 6) is -1.18. The van der Waals surface area contributed by atoms with Gasteiger partial charge in [0, 0.05) is 13.2 Å². The molecule has 1 heterocycles. The summed E-state index contributed by atoms with van der Waals surface area (Å²) in [5, 5.41) is 12.9. The Balaban J connectivity index is 2.38. The van der Waals surface area contributed by atoms with E-state index in [1.54, 1.807) is 13.1 Å². The van der Waals surface area contributed by atoms with Gasteiger partial charge in [-0.2, -0.15) is 13.5 Å². The average molecular weight is 323 g/mol. The number of hydrogen-bond acceptors (Lipinski definition) is 4. The molecule has 0 unspecified atom stereocenters. The van der Waals surface area contributed by atoms with Crippen molar-refractivity contribution in [1.29, 1.82) is 0 Å². The van der Waals surface area contributed by atoms with Crippen molar-refractivity contribution in [1.82, 2.24) is 9.78 Å². The monoisotopic (exact) mass is 323 g/mol. The Morgan fingerprint density at radius 1 is 1.36 bits per heavy atom. The Kier molecular flexibility index (Phi) is 4.51. The Morgan fingerprint density at radius 3 is 2.64 bits per heavy atom. The minimum absolute atomic E-state index is 0.0259. The van der Waals surface area contributed by atoms with E-state index in [0.29, 0.717) is 0 Å². The number of nitrogens with zero attached hydrogens (tertiary/aromatic N) is 2. The summed E-state index contributed by atoms with van der Waals surface area (Å²) in [6.45, 7) is 1.98. The molecule has 0 spiro atoms. The van der Waals surface area contributed by atoms with Gasteiger partial charge >= 0.3 is 5.97 Å². The molecule has 0 fully saturated rings. The number of rotatable bonds is 6. The van der Waals surface area contributed by atoms with Crippen LogP contribution in [0.15, 0.2) is 35.5 Å². The molecule has 0 aliphatic carbocycles. The van der Waals surface area contributed by atoms with Crippen LogP contribution in [0.3, 0.4) is 0 Å². The van der Waals surface area contributed by atoms with Gasteiger partial charge in [0.2, 0.25) is 0 Å². The number of carboxylic acids is 1. The molecule has 2 aromatic rings. The summed E-state index contributed by atoms with van der Waals surface area (Å²) in [6, 6.07) is 6.01. The van der Waals surface area contributed by atoms with Crippen LogP contribution in [-0.4, -0.2) is 29.3 Å². The number of anilines is 1. The summed E-state index contributed by atoms with van der Waals surface area (Å²) >= 11 is 0. The number of aryl methyl sites for hydroxylation is 2. The number of benzene rings is 1. The van der Waals surface area contributed by atoms with Gasteiger partial charge in [0.05, 0.1) is 11.3 Å². The van der Waals surface area contributed by atoms with E-state index in [1.807, 2.05) is 6.92 Å². The van der Waals surface area contributed by atoms with Crippen LogP contribution in [0, 0.1) is 0 Å². The van der Waals surface area contributed by atoms with E-state index >= 15 is 0 Å². The smallest absolute Gasteiger partial charge is 0.337 e. The van der Waals surface area contributed by atoms with Crippen molar-refractivity contribution >= 4 is 21.7 Å². The molecule has 118 valence electrons. The molecular formula is C14H17N3O4S. The van der Waals surface area contributed by atoms with Crippen LogP contribution in [-0.2, 0) is 23.5 Å². The van der Waals surface area contributed by atoms with Gasteiger partial charge in [0.15, 0.2) is 5.03 Å². The van der Waals surface area contributed by atoms with Crippen LogP contribution in [0.4, 0.5) is 5.69 Å². The fourth-order valence-electron chi connectivity index (χ4n) is 2.04. The standard InChI is InChI=1S/C14H17N3O4S/c1-3-4-10-5-6-12(11(9-10)14(18)19)16-22(20,21)13-7-8-17(2)15-13/h5-9,16H,3-4H2,1-2H3,(H,18,19). The molecule has 0 atom stereocenters. The lowest BCUT2D eigenvalue weighted by atomic mass is 10.1. The number of aromatic carboxylic acids is 1. The molecule has 0 saturated carbocycles. The number of carbonyl (C=O) groups is 1. The second kappa shape index (κ2) is 6.18. The minimum atomic E-state index is -3.92. The number of aromatic nitrogens is 2. The number of hydrogen-bond donors (Lipinski definition) is 2. The molecule has 7 nitrogen and oxygen atoms in total. The SMILES string of the molecule is CCCc1ccc(NS(=O)(=O)c2ccn(C)n2)c(C(=O)O)c1. The van der Waals surface area contributed by atoms with Crippen molar-refractivity contribution in [2.75, 3.05) is 4.72 Å². The maximum absolute atomic E-state index is 12.2. The molecule has 0 aliphatic heterocycles. The molecule has 8 heteroatoms. The highest BCUT2D eigenvalue weighted by atomic mass is 32.2. The topological polar surface area (TPSA) is 101 Å². The van der Waals surface area contributed by atoms with Gasteiger partial charge in [-0.25, -0.2) is 4.79 Å². The summed E-state index contributed by atoms with van der Waals surface area (Å²) in [7, 11) is -2.32. The first kappa shape index (κ1) is 16.0. The van der Waals surface area contributed by atoms with Crippen LogP contribution in [0.5, 0.6) is 0 Å². The third-order valence-electron chi connectivity index (χ3n) is 3.06. The predicted octanol–water partition coefficient (Wildman–Crippen LogP) is 1.87. The van der Waals surface area contributed by atoms with Crippen molar-refractivity contribution < 1.29 is 18.3 Å². The first-order valence-corrected chi connectivity index (χ1v) is 8.20. The van der Waals surface area contributed by atoms with E-state index in [2.05, 4.69) is 9.82 Å². The lowest BCUT2D eigenvalue weighted by molar-refractivity contribution is 0.0698. The Bertz CT molecular complexity index is 796. The highest BCUT2D eigenvalue weighted by Gasteiger charge is 2.21. The van der Waals surface area contributed by atoms with Gasteiger partial charge in [-0.3, -0.25) is 9.40 Å².